The van der Waals surface area contributed by atoms with E-state index in [9.17, 15) is 4.79 Å². The van der Waals surface area contributed by atoms with E-state index < -0.39 is 0 Å². The molecule has 0 aliphatic carbocycles. The molecule has 5 heteroatoms. The standard InChI is InChI=1S/C13H12BrN3O/c1-9-4-2-5-10(8-9)16-13(18)17-12-11(14)6-3-7-15-12/h2-8H,1H3,(H2,15,16,17,18). The molecule has 4 nitrogen and oxygen atoms in total. The van der Waals surface area contributed by atoms with Crippen LogP contribution in [0.5, 0.6) is 0 Å². The van der Waals surface area contributed by atoms with Crippen LogP contribution in [0.1, 0.15) is 5.56 Å². The smallest absolute Gasteiger partial charge is 0.308 e. The fraction of sp³-hybridized carbons (Fsp3) is 0.0769. The van der Waals surface area contributed by atoms with Gasteiger partial charge >= 0.3 is 6.03 Å². The Balaban J connectivity index is 2.03. The molecule has 2 rings (SSSR count). The minimum atomic E-state index is -0.319. The van der Waals surface area contributed by atoms with Crippen molar-refractivity contribution < 1.29 is 4.79 Å². The number of aryl methyl sites for hydroxylation is 1. The van der Waals surface area contributed by atoms with Crippen LogP contribution in [0.4, 0.5) is 16.3 Å². The second kappa shape index (κ2) is 5.64. The molecule has 0 saturated heterocycles. The summed E-state index contributed by atoms with van der Waals surface area (Å²) in [4.78, 5) is 15.8. The summed E-state index contributed by atoms with van der Waals surface area (Å²) in [7, 11) is 0. The quantitative estimate of drug-likeness (QED) is 0.886. The molecular weight excluding hydrogens is 294 g/mol. The average Bonchev–Trinajstić information content (AvgIpc) is 2.32. The number of amides is 2. The van der Waals surface area contributed by atoms with Gasteiger partial charge in [0.25, 0.3) is 0 Å². The molecule has 1 aromatic carbocycles. The van der Waals surface area contributed by atoms with Crippen molar-refractivity contribution in [3.8, 4) is 0 Å². The molecule has 2 amide bonds. The van der Waals surface area contributed by atoms with Gasteiger partial charge in [0.05, 0.1) is 4.47 Å². The number of hydrogen-bond acceptors (Lipinski definition) is 2. The number of rotatable bonds is 2. The third-order valence-electron chi connectivity index (χ3n) is 2.27. The van der Waals surface area contributed by atoms with Crippen molar-refractivity contribution in [2.24, 2.45) is 0 Å². The van der Waals surface area contributed by atoms with Gasteiger partial charge in [-0.1, -0.05) is 12.1 Å². The molecule has 2 N–H and O–H groups in total. The molecule has 1 heterocycles. The molecule has 0 aliphatic rings. The van der Waals surface area contributed by atoms with E-state index in [-0.39, 0.29) is 6.03 Å². The monoisotopic (exact) mass is 305 g/mol. The molecule has 18 heavy (non-hydrogen) atoms. The van der Waals surface area contributed by atoms with Gasteiger partial charge in [-0.25, -0.2) is 9.78 Å². The summed E-state index contributed by atoms with van der Waals surface area (Å²) in [6.45, 7) is 1.97. The fourth-order valence-electron chi connectivity index (χ4n) is 1.47. The van der Waals surface area contributed by atoms with E-state index in [1.54, 1.807) is 12.3 Å². The highest BCUT2D eigenvalue weighted by molar-refractivity contribution is 9.10. The molecule has 0 atom stereocenters. The first-order valence-corrected chi connectivity index (χ1v) is 6.19. The molecule has 0 unspecified atom stereocenters. The number of nitrogens with zero attached hydrogens (tertiary/aromatic N) is 1. The van der Waals surface area contributed by atoms with Gasteiger partial charge in [0.15, 0.2) is 0 Å². The second-order valence-corrected chi connectivity index (χ2v) is 4.64. The van der Waals surface area contributed by atoms with Crippen LogP contribution >= 0.6 is 15.9 Å². The zero-order valence-electron chi connectivity index (χ0n) is 9.77. The molecular formula is C13H12BrN3O. The minimum Gasteiger partial charge on any atom is -0.308 e. The molecule has 0 saturated carbocycles. The highest BCUT2D eigenvalue weighted by Gasteiger charge is 2.06. The number of nitrogens with one attached hydrogen (secondary N) is 2. The van der Waals surface area contributed by atoms with Gasteiger partial charge in [-0.2, -0.15) is 0 Å². The Labute approximate surface area is 114 Å². The second-order valence-electron chi connectivity index (χ2n) is 3.78. The molecule has 0 aliphatic heterocycles. The SMILES string of the molecule is Cc1cccc(NC(=O)Nc2ncccc2Br)c1. The fourth-order valence-corrected chi connectivity index (χ4v) is 1.82. The Hall–Kier alpha value is -1.88. The summed E-state index contributed by atoms with van der Waals surface area (Å²) in [5.41, 5.74) is 1.84. The van der Waals surface area contributed by atoms with E-state index in [2.05, 4.69) is 31.5 Å². The maximum absolute atomic E-state index is 11.8. The zero-order chi connectivity index (χ0) is 13.0. The van der Waals surface area contributed by atoms with Gasteiger partial charge < -0.3 is 5.32 Å². The Kier molecular flexibility index (Phi) is 3.94. The predicted molar refractivity (Wildman–Crippen MR) is 75.8 cm³/mol. The van der Waals surface area contributed by atoms with E-state index in [0.717, 1.165) is 15.7 Å². The van der Waals surface area contributed by atoms with Crippen LogP contribution < -0.4 is 10.6 Å². The summed E-state index contributed by atoms with van der Waals surface area (Å²) >= 11 is 3.32. The number of pyridine rings is 1. The molecule has 0 bridgehead atoms. The Morgan fingerprint density at radius 1 is 1.22 bits per heavy atom. The number of urea groups is 1. The lowest BCUT2D eigenvalue weighted by atomic mass is 10.2. The number of hydrogen-bond donors (Lipinski definition) is 2. The first-order chi connectivity index (χ1) is 8.65. The van der Waals surface area contributed by atoms with E-state index >= 15 is 0 Å². The van der Waals surface area contributed by atoms with Crippen LogP contribution in [0.15, 0.2) is 47.1 Å². The number of aromatic nitrogens is 1. The van der Waals surface area contributed by atoms with Crippen molar-refractivity contribution in [3.63, 3.8) is 0 Å². The summed E-state index contributed by atoms with van der Waals surface area (Å²) in [6.07, 6.45) is 1.62. The highest BCUT2D eigenvalue weighted by atomic mass is 79.9. The van der Waals surface area contributed by atoms with E-state index in [4.69, 9.17) is 0 Å². The first-order valence-electron chi connectivity index (χ1n) is 5.40. The minimum absolute atomic E-state index is 0.319. The number of benzene rings is 1. The van der Waals surface area contributed by atoms with E-state index in [1.165, 1.54) is 0 Å². The number of carbonyl (C=O) groups excluding carboxylic acids is 1. The van der Waals surface area contributed by atoms with Crippen molar-refractivity contribution in [1.82, 2.24) is 4.98 Å². The maximum Gasteiger partial charge on any atom is 0.324 e. The lowest BCUT2D eigenvalue weighted by Crippen LogP contribution is -2.20. The first kappa shape index (κ1) is 12.6. The molecule has 0 spiro atoms. The van der Waals surface area contributed by atoms with Gasteiger partial charge in [-0.05, 0) is 52.7 Å². The average molecular weight is 306 g/mol. The zero-order valence-corrected chi connectivity index (χ0v) is 11.4. The van der Waals surface area contributed by atoms with Gasteiger partial charge in [-0.3, -0.25) is 5.32 Å². The van der Waals surface area contributed by atoms with Crippen LogP contribution in [-0.2, 0) is 0 Å². The van der Waals surface area contributed by atoms with Crippen molar-refractivity contribution in [3.05, 3.63) is 52.6 Å². The molecule has 2 aromatic rings. The Morgan fingerprint density at radius 3 is 2.78 bits per heavy atom. The van der Waals surface area contributed by atoms with Crippen molar-refractivity contribution in [2.75, 3.05) is 10.6 Å². The van der Waals surface area contributed by atoms with Gasteiger partial charge in [0.1, 0.15) is 5.82 Å². The third kappa shape index (κ3) is 3.30. The molecule has 0 radical (unpaired) electrons. The van der Waals surface area contributed by atoms with Crippen molar-refractivity contribution in [1.29, 1.82) is 0 Å². The summed E-state index contributed by atoms with van der Waals surface area (Å²) in [6, 6.07) is 10.9. The van der Waals surface area contributed by atoms with E-state index in [0.29, 0.717) is 5.82 Å². The van der Waals surface area contributed by atoms with Gasteiger partial charge in [0, 0.05) is 11.9 Å². The normalized spacial score (nSPS) is 9.89. The number of carbonyl (C=O) groups is 1. The topological polar surface area (TPSA) is 54.0 Å². The lowest BCUT2D eigenvalue weighted by molar-refractivity contribution is 0.262. The molecule has 0 fully saturated rings. The summed E-state index contributed by atoms with van der Waals surface area (Å²) in [5, 5.41) is 5.42. The summed E-state index contributed by atoms with van der Waals surface area (Å²) < 4.78 is 0.740. The van der Waals surface area contributed by atoms with Gasteiger partial charge in [0.2, 0.25) is 0 Å². The van der Waals surface area contributed by atoms with E-state index in [1.807, 2.05) is 37.3 Å². The lowest BCUT2D eigenvalue weighted by Gasteiger charge is -2.08. The van der Waals surface area contributed by atoms with Crippen LogP contribution in [-0.4, -0.2) is 11.0 Å². The van der Waals surface area contributed by atoms with Gasteiger partial charge in [-0.15, -0.1) is 0 Å². The van der Waals surface area contributed by atoms with Crippen LogP contribution in [0.2, 0.25) is 0 Å². The van der Waals surface area contributed by atoms with Crippen molar-refractivity contribution in [2.45, 2.75) is 6.92 Å². The Bertz CT molecular complexity index is 572. The number of anilines is 2. The highest BCUT2D eigenvalue weighted by Crippen LogP contribution is 2.18. The van der Waals surface area contributed by atoms with Crippen LogP contribution in [0.3, 0.4) is 0 Å². The van der Waals surface area contributed by atoms with Crippen LogP contribution in [0, 0.1) is 6.92 Å². The predicted octanol–water partition coefficient (Wildman–Crippen LogP) is 3.80. The third-order valence-corrected chi connectivity index (χ3v) is 2.91. The van der Waals surface area contributed by atoms with Crippen LogP contribution in [0.25, 0.3) is 0 Å². The largest absolute Gasteiger partial charge is 0.324 e. The summed E-state index contributed by atoms with van der Waals surface area (Å²) in [5.74, 6) is 0.489. The molecule has 1 aromatic heterocycles. The van der Waals surface area contributed by atoms with Crippen molar-refractivity contribution >= 4 is 33.5 Å². The Morgan fingerprint density at radius 2 is 2.06 bits per heavy atom. The maximum atomic E-state index is 11.8. The molecule has 92 valence electrons. The number of halogens is 1.